The molecule has 0 spiro atoms. The van der Waals surface area contributed by atoms with E-state index in [0.29, 0.717) is 5.92 Å². The first-order chi connectivity index (χ1) is 13.3. The molecule has 1 aliphatic rings. The molecule has 0 radical (unpaired) electrons. The Morgan fingerprint density at radius 1 is 1.11 bits per heavy atom. The van der Waals surface area contributed by atoms with Crippen LogP contribution >= 0.6 is 0 Å². The Morgan fingerprint density at radius 2 is 1.75 bits per heavy atom. The van der Waals surface area contributed by atoms with Crippen LogP contribution in [-0.4, -0.2) is 75.7 Å². The zero-order valence-electron chi connectivity index (χ0n) is 18.9. The van der Waals surface area contributed by atoms with Gasteiger partial charge in [0.25, 0.3) is 0 Å². The molecule has 2 rings (SSSR count). The molecule has 1 heterocycles. The van der Waals surface area contributed by atoms with Crippen LogP contribution in [0.2, 0.25) is 0 Å². The van der Waals surface area contributed by atoms with Gasteiger partial charge in [0.15, 0.2) is 5.96 Å². The number of piperazine rings is 1. The van der Waals surface area contributed by atoms with Gasteiger partial charge in [0.05, 0.1) is 0 Å². The fourth-order valence-electron chi connectivity index (χ4n) is 3.63. The van der Waals surface area contributed by atoms with Gasteiger partial charge in [-0.05, 0) is 30.5 Å². The number of hydrogen-bond donors (Lipinski definition) is 2. The number of likely N-dealkylation sites (N-methyl/N-ethyl adjacent to an activating group) is 1. The Balaban J connectivity index is 1.76. The van der Waals surface area contributed by atoms with Crippen molar-refractivity contribution in [2.75, 3.05) is 59.9 Å². The quantitative estimate of drug-likeness (QED) is 0.531. The summed E-state index contributed by atoms with van der Waals surface area (Å²) in [6, 6.07) is 9.00. The van der Waals surface area contributed by atoms with Crippen LogP contribution in [0.1, 0.15) is 38.8 Å². The van der Waals surface area contributed by atoms with E-state index in [0.717, 1.165) is 32.0 Å². The summed E-state index contributed by atoms with van der Waals surface area (Å²) in [6.07, 6.45) is 1.09. The summed E-state index contributed by atoms with van der Waals surface area (Å²) >= 11 is 0. The predicted octanol–water partition coefficient (Wildman–Crippen LogP) is 2.58. The van der Waals surface area contributed by atoms with Crippen molar-refractivity contribution < 1.29 is 0 Å². The molecule has 1 aromatic carbocycles. The second-order valence-electron chi connectivity index (χ2n) is 8.95. The third-order valence-corrected chi connectivity index (χ3v) is 5.85. The number of rotatable bonds is 8. The Kier molecular flexibility index (Phi) is 8.77. The van der Waals surface area contributed by atoms with Crippen molar-refractivity contribution in [2.24, 2.45) is 10.9 Å². The van der Waals surface area contributed by atoms with Gasteiger partial charge >= 0.3 is 0 Å². The van der Waals surface area contributed by atoms with Crippen LogP contribution in [0.5, 0.6) is 0 Å². The maximum Gasteiger partial charge on any atom is 0.191 e. The summed E-state index contributed by atoms with van der Waals surface area (Å²) in [7, 11) is 4.06. The van der Waals surface area contributed by atoms with E-state index in [1.165, 1.54) is 37.3 Å². The van der Waals surface area contributed by atoms with Gasteiger partial charge in [-0.25, -0.2) is 0 Å². The summed E-state index contributed by atoms with van der Waals surface area (Å²) in [5, 5.41) is 7.03. The summed E-state index contributed by atoms with van der Waals surface area (Å²) in [4.78, 5) is 9.40. The second-order valence-corrected chi connectivity index (χ2v) is 8.95. The SMILES string of the molecule is CCc1ccc(C(C)(C)CNC(=NC)NCC(C)CN2CCN(C)CC2)cc1. The molecule has 1 fully saturated rings. The normalized spacial score (nSPS) is 18.1. The number of guanidine groups is 1. The minimum absolute atomic E-state index is 0.0509. The van der Waals surface area contributed by atoms with E-state index >= 15 is 0 Å². The van der Waals surface area contributed by atoms with Gasteiger partial charge in [-0.15, -0.1) is 0 Å². The summed E-state index contributed by atoms with van der Waals surface area (Å²) < 4.78 is 0. The molecule has 1 unspecified atom stereocenters. The first-order valence-corrected chi connectivity index (χ1v) is 10.8. The van der Waals surface area contributed by atoms with Crippen molar-refractivity contribution in [3.8, 4) is 0 Å². The van der Waals surface area contributed by atoms with Crippen LogP contribution in [0, 0.1) is 5.92 Å². The van der Waals surface area contributed by atoms with E-state index < -0.39 is 0 Å². The average Bonchev–Trinajstić information content (AvgIpc) is 2.70. The average molecular weight is 388 g/mol. The summed E-state index contributed by atoms with van der Waals surface area (Å²) in [5.41, 5.74) is 2.80. The van der Waals surface area contributed by atoms with Gasteiger partial charge in [-0.2, -0.15) is 0 Å². The minimum Gasteiger partial charge on any atom is -0.356 e. The van der Waals surface area contributed by atoms with Gasteiger partial charge in [-0.1, -0.05) is 52.0 Å². The Labute approximate surface area is 172 Å². The number of aliphatic imine (C=N–C) groups is 1. The lowest BCUT2D eigenvalue weighted by atomic mass is 9.84. The van der Waals surface area contributed by atoms with Crippen molar-refractivity contribution in [1.82, 2.24) is 20.4 Å². The lowest BCUT2D eigenvalue weighted by Gasteiger charge is -2.34. The highest BCUT2D eigenvalue weighted by molar-refractivity contribution is 5.79. The number of benzene rings is 1. The summed E-state index contributed by atoms with van der Waals surface area (Å²) in [6.45, 7) is 16.7. The van der Waals surface area contributed by atoms with E-state index in [1.54, 1.807) is 0 Å². The van der Waals surface area contributed by atoms with Crippen LogP contribution in [0.15, 0.2) is 29.3 Å². The molecule has 1 atom stereocenters. The molecule has 158 valence electrons. The standard InChI is InChI=1S/C23H41N5/c1-7-20-8-10-21(11-9-20)23(3,4)18-26-22(24-5)25-16-19(2)17-28-14-12-27(6)13-15-28/h8-11,19H,7,12-18H2,1-6H3,(H2,24,25,26). The molecule has 5 heteroatoms. The predicted molar refractivity (Wildman–Crippen MR) is 121 cm³/mol. The third-order valence-electron chi connectivity index (χ3n) is 5.85. The van der Waals surface area contributed by atoms with Gasteiger partial charge in [0.1, 0.15) is 0 Å². The highest BCUT2D eigenvalue weighted by Gasteiger charge is 2.21. The molecule has 0 amide bonds. The van der Waals surface area contributed by atoms with E-state index in [2.05, 4.69) is 84.4 Å². The van der Waals surface area contributed by atoms with E-state index in [1.807, 2.05) is 7.05 Å². The number of nitrogens with zero attached hydrogens (tertiary/aromatic N) is 3. The fourth-order valence-corrected chi connectivity index (χ4v) is 3.63. The molecule has 5 nitrogen and oxygen atoms in total. The highest BCUT2D eigenvalue weighted by Crippen LogP contribution is 2.22. The van der Waals surface area contributed by atoms with Gasteiger partial charge < -0.3 is 20.4 Å². The first kappa shape index (κ1) is 22.7. The maximum atomic E-state index is 4.42. The number of nitrogens with one attached hydrogen (secondary N) is 2. The largest absolute Gasteiger partial charge is 0.356 e. The zero-order chi connectivity index (χ0) is 20.6. The topological polar surface area (TPSA) is 42.9 Å². The smallest absolute Gasteiger partial charge is 0.191 e. The van der Waals surface area contributed by atoms with Crippen molar-refractivity contribution in [1.29, 1.82) is 0 Å². The Bertz CT molecular complexity index is 600. The van der Waals surface area contributed by atoms with Crippen molar-refractivity contribution in [3.05, 3.63) is 35.4 Å². The van der Waals surface area contributed by atoms with Crippen LogP contribution in [-0.2, 0) is 11.8 Å². The number of hydrogen-bond acceptors (Lipinski definition) is 3. The monoisotopic (exact) mass is 387 g/mol. The van der Waals surface area contributed by atoms with Crippen LogP contribution in [0.4, 0.5) is 0 Å². The Morgan fingerprint density at radius 3 is 2.32 bits per heavy atom. The van der Waals surface area contributed by atoms with Crippen molar-refractivity contribution >= 4 is 5.96 Å². The fraction of sp³-hybridized carbons (Fsp3) is 0.696. The molecule has 28 heavy (non-hydrogen) atoms. The van der Waals surface area contributed by atoms with Gasteiger partial charge in [-0.3, -0.25) is 4.99 Å². The Hall–Kier alpha value is -1.59. The molecule has 0 saturated carbocycles. The van der Waals surface area contributed by atoms with E-state index in [-0.39, 0.29) is 5.41 Å². The molecule has 1 saturated heterocycles. The van der Waals surface area contributed by atoms with Crippen molar-refractivity contribution in [3.63, 3.8) is 0 Å². The summed E-state index contributed by atoms with van der Waals surface area (Å²) in [5.74, 6) is 1.49. The van der Waals surface area contributed by atoms with E-state index in [4.69, 9.17) is 0 Å². The molecule has 0 bridgehead atoms. The molecule has 0 aromatic heterocycles. The molecular weight excluding hydrogens is 346 g/mol. The van der Waals surface area contributed by atoms with Gasteiger partial charge in [0.2, 0.25) is 0 Å². The molecular formula is C23H41N5. The first-order valence-electron chi connectivity index (χ1n) is 10.8. The molecule has 1 aliphatic heterocycles. The van der Waals surface area contributed by atoms with Gasteiger partial charge in [0, 0.05) is 58.3 Å². The van der Waals surface area contributed by atoms with Crippen molar-refractivity contribution in [2.45, 2.75) is 39.5 Å². The third kappa shape index (κ3) is 7.10. The lowest BCUT2D eigenvalue weighted by Crippen LogP contribution is -2.48. The van der Waals surface area contributed by atoms with Crippen LogP contribution in [0.3, 0.4) is 0 Å². The second kappa shape index (κ2) is 10.8. The number of aryl methyl sites for hydroxylation is 1. The highest BCUT2D eigenvalue weighted by atomic mass is 15.2. The van der Waals surface area contributed by atoms with Crippen LogP contribution in [0.25, 0.3) is 0 Å². The lowest BCUT2D eigenvalue weighted by molar-refractivity contribution is 0.139. The molecule has 1 aromatic rings. The zero-order valence-corrected chi connectivity index (χ0v) is 18.9. The van der Waals surface area contributed by atoms with Crippen LogP contribution < -0.4 is 10.6 Å². The van der Waals surface area contributed by atoms with E-state index in [9.17, 15) is 0 Å². The molecule has 0 aliphatic carbocycles. The molecule has 2 N–H and O–H groups in total. The maximum absolute atomic E-state index is 4.42. The minimum atomic E-state index is 0.0509.